The zero-order chi connectivity index (χ0) is 47.5. The second-order valence-corrected chi connectivity index (χ2v) is 20.9. The van der Waals surface area contributed by atoms with Gasteiger partial charge in [-0.15, -0.1) is 0 Å². The van der Waals surface area contributed by atoms with Crippen LogP contribution in [0.15, 0.2) is 36.4 Å². The second-order valence-electron chi connectivity index (χ2n) is 20.9. The number of aromatic hydroxyl groups is 1. The van der Waals surface area contributed by atoms with Crippen molar-refractivity contribution in [2.24, 2.45) is 34.3 Å². The molecule has 0 saturated heterocycles. The molecular formula is C51H74N6O8. The maximum absolute atomic E-state index is 14.7. The van der Waals surface area contributed by atoms with E-state index in [1.54, 1.807) is 26.8 Å². The van der Waals surface area contributed by atoms with Crippen LogP contribution in [0.2, 0.25) is 0 Å². The Morgan fingerprint density at radius 2 is 1.32 bits per heavy atom. The van der Waals surface area contributed by atoms with E-state index in [4.69, 9.17) is 10.5 Å². The van der Waals surface area contributed by atoms with Crippen LogP contribution in [0.1, 0.15) is 141 Å². The zero-order valence-corrected chi connectivity index (χ0v) is 39.9. The first-order chi connectivity index (χ1) is 30.7. The third-order valence-corrected chi connectivity index (χ3v) is 16.1. The van der Waals surface area contributed by atoms with Crippen molar-refractivity contribution in [3.05, 3.63) is 58.7 Å². The van der Waals surface area contributed by atoms with E-state index in [1.165, 1.54) is 18.2 Å². The molecule has 9 atom stereocenters. The highest BCUT2D eigenvalue weighted by Crippen LogP contribution is 2.60. The predicted octanol–water partition coefficient (Wildman–Crippen LogP) is 5.60. The molecule has 2 aromatic rings. The molecule has 0 aromatic heterocycles. The number of aryl methyl sites for hydroxylation is 2. The molecular weight excluding hydrogens is 825 g/mol. The number of hydrogen-bond donors (Lipinski definition) is 7. The molecule has 0 bridgehead atoms. The number of benzene rings is 2. The van der Waals surface area contributed by atoms with Crippen LogP contribution in [0.5, 0.6) is 5.75 Å². The Hall–Kier alpha value is -4.82. The molecule has 0 spiro atoms. The first-order valence-electron chi connectivity index (χ1n) is 23.9. The average molecular weight is 899 g/mol. The summed E-state index contributed by atoms with van der Waals surface area (Å²) in [5, 5.41) is 24.7. The minimum atomic E-state index is -0.930. The lowest BCUT2D eigenvalue weighted by molar-refractivity contribution is -0.150. The van der Waals surface area contributed by atoms with Crippen LogP contribution in [0.4, 0.5) is 5.69 Å². The standard InChI is InChI=1S/C51H74N6O8/c1-30(2)42(56-44(61)38(52)13-9-10-26-53-41(59)29-65-8)45(62)54-31(3)43(60)55-34-18-14-32-16-20-39-48(4,36(32)27-34)22-11-24-50(39,6)46(63)57-47(64)51(7)25-12-23-49(5)37-28-35(58)19-15-33(37)17-21-40(49)51/h14-15,18-19,27-28,30-31,38-40,42,58H,9-13,16-17,20-26,29,52H2,1-8H3,(H,53,59)(H,54,62)(H,55,60)(H,56,61)(H,57,63,64)/t31-,38+,39+,40+,42-,48+,49+,50-,51-/m0/s1. The summed E-state index contributed by atoms with van der Waals surface area (Å²) < 4.78 is 4.80. The highest BCUT2D eigenvalue weighted by Gasteiger charge is 2.58. The molecule has 8 N–H and O–H groups in total. The third-order valence-electron chi connectivity index (χ3n) is 16.1. The van der Waals surface area contributed by atoms with Gasteiger partial charge in [-0.1, -0.05) is 66.5 Å². The Bertz CT molecular complexity index is 2140. The van der Waals surface area contributed by atoms with E-state index >= 15 is 0 Å². The highest BCUT2D eigenvalue weighted by molar-refractivity contribution is 6.01. The molecule has 6 amide bonds. The van der Waals surface area contributed by atoms with E-state index < -0.39 is 52.1 Å². The monoisotopic (exact) mass is 899 g/mol. The summed E-state index contributed by atoms with van der Waals surface area (Å²) in [6, 6.07) is 8.86. The van der Waals surface area contributed by atoms with Crippen molar-refractivity contribution < 1.29 is 38.6 Å². The van der Waals surface area contributed by atoms with Crippen LogP contribution in [0.3, 0.4) is 0 Å². The summed E-state index contributed by atoms with van der Waals surface area (Å²) >= 11 is 0. The molecule has 0 aliphatic heterocycles. The van der Waals surface area contributed by atoms with Crippen molar-refractivity contribution in [1.29, 1.82) is 0 Å². The van der Waals surface area contributed by atoms with Crippen molar-refractivity contribution >= 4 is 41.1 Å². The molecule has 6 rings (SSSR count). The number of anilines is 1. The van der Waals surface area contributed by atoms with Crippen molar-refractivity contribution in [1.82, 2.24) is 21.3 Å². The number of nitrogens with two attached hydrogens (primary N) is 1. The van der Waals surface area contributed by atoms with Gasteiger partial charge in [0.25, 0.3) is 0 Å². The van der Waals surface area contributed by atoms with Gasteiger partial charge in [-0.25, -0.2) is 0 Å². The molecule has 2 aromatic carbocycles. The van der Waals surface area contributed by atoms with Crippen LogP contribution in [-0.4, -0.2) is 78.9 Å². The van der Waals surface area contributed by atoms with Gasteiger partial charge in [0, 0.05) is 19.3 Å². The van der Waals surface area contributed by atoms with Crippen LogP contribution in [0.25, 0.3) is 0 Å². The minimum absolute atomic E-state index is 0.0186. The largest absolute Gasteiger partial charge is 0.508 e. The summed E-state index contributed by atoms with van der Waals surface area (Å²) in [4.78, 5) is 80.9. The zero-order valence-electron chi connectivity index (χ0n) is 39.9. The molecule has 0 unspecified atom stereocenters. The minimum Gasteiger partial charge on any atom is -0.508 e. The quantitative estimate of drug-likeness (QED) is 0.0823. The summed E-state index contributed by atoms with van der Waals surface area (Å²) in [6.45, 7) is 14.1. The Morgan fingerprint density at radius 3 is 1.89 bits per heavy atom. The average Bonchev–Trinajstić information content (AvgIpc) is 3.25. The fourth-order valence-electron chi connectivity index (χ4n) is 12.4. The summed E-state index contributed by atoms with van der Waals surface area (Å²) in [5.74, 6) is -2.09. The molecule has 2 fully saturated rings. The Balaban J connectivity index is 1.08. The molecule has 14 heteroatoms. The number of carbonyl (C=O) groups excluding carboxylic acids is 6. The van der Waals surface area contributed by atoms with E-state index in [0.29, 0.717) is 44.3 Å². The molecule has 4 aliphatic rings. The number of phenolic OH excluding ortho intramolecular Hbond substituents is 1. The summed E-state index contributed by atoms with van der Waals surface area (Å²) in [5.41, 5.74) is 9.12. The number of phenols is 1. The highest BCUT2D eigenvalue weighted by atomic mass is 16.5. The number of unbranched alkanes of at least 4 members (excludes halogenated alkanes) is 1. The number of imide groups is 1. The molecule has 2 saturated carbocycles. The van der Waals surface area contributed by atoms with Crippen molar-refractivity contribution in [3.63, 3.8) is 0 Å². The fraction of sp³-hybridized carbons (Fsp3) is 0.647. The molecule has 356 valence electrons. The Kier molecular flexibility index (Phi) is 15.2. The molecule has 4 aliphatic carbocycles. The van der Waals surface area contributed by atoms with E-state index in [9.17, 15) is 33.9 Å². The number of carbonyl (C=O) groups is 6. The fourth-order valence-corrected chi connectivity index (χ4v) is 12.4. The molecule has 0 radical (unpaired) electrons. The van der Waals surface area contributed by atoms with E-state index in [-0.39, 0.29) is 53.2 Å². The summed E-state index contributed by atoms with van der Waals surface area (Å²) in [6.07, 6.45) is 9.63. The number of ether oxygens (including phenoxy) is 1. The maximum Gasteiger partial charge on any atom is 0.246 e. The van der Waals surface area contributed by atoms with Gasteiger partial charge in [0.2, 0.25) is 35.4 Å². The van der Waals surface area contributed by atoms with Gasteiger partial charge in [-0.2, -0.15) is 0 Å². The van der Waals surface area contributed by atoms with Crippen LogP contribution in [-0.2, 0) is 57.2 Å². The van der Waals surface area contributed by atoms with E-state index in [2.05, 4.69) is 40.4 Å². The van der Waals surface area contributed by atoms with Crippen molar-refractivity contribution in [2.45, 2.75) is 161 Å². The lowest BCUT2D eigenvalue weighted by Gasteiger charge is -2.56. The second kappa shape index (κ2) is 20.0. The number of amides is 6. The van der Waals surface area contributed by atoms with Gasteiger partial charge in [-0.05, 0) is 153 Å². The van der Waals surface area contributed by atoms with Crippen LogP contribution >= 0.6 is 0 Å². The SMILES string of the molecule is COCC(=O)NCCCC[C@@H](N)C(=O)N[C@H](C(=O)N[C@@H](C)C(=O)Nc1ccc2c(c1)[C@@]1(C)CCC[C@](C)(C(=O)NC(=O)[C@@]3(C)CCC[C@]4(C)c5cc(O)ccc5CC[C@@H]34)[C@@H]1CC2)C(C)C. The van der Waals surface area contributed by atoms with E-state index in [1.807, 2.05) is 44.2 Å². The number of hydrogen-bond acceptors (Lipinski definition) is 9. The first kappa shape index (κ1) is 49.6. The molecule has 0 heterocycles. The number of fused-ring (bicyclic) bond motifs is 6. The molecule has 14 nitrogen and oxygen atoms in total. The normalized spacial score (nSPS) is 28.2. The lowest BCUT2D eigenvalue weighted by atomic mass is 9.49. The number of rotatable bonds is 16. The first-order valence-corrected chi connectivity index (χ1v) is 23.9. The van der Waals surface area contributed by atoms with Gasteiger partial charge in [0.05, 0.1) is 16.9 Å². The lowest BCUT2D eigenvalue weighted by Crippen LogP contribution is -2.60. The number of nitrogens with one attached hydrogen (secondary N) is 5. The van der Waals surface area contributed by atoms with Gasteiger partial charge in [0.15, 0.2) is 0 Å². The Labute approximate surface area is 385 Å². The van der Waals surface area contributed by atoms with Gasteiger partial charge >= 0.3 is 0 Å². The van der Waals surface area contributed by atoms with Crippen molar-refractivity contribution in [3.8, 4) is 5.75 Å². The van der Waals surface area contributed by atoms with Crippen LogP contribution < -0.4 is 32.3 Å². The van der Waals surface area contributed by atoms with Gasteiger partial charge < -0.3 is 36.8 Å². The molecule has 65 heavy (non-hydrogen) atoms. The predicted molar refractivity (Wildman–Crippen MR) is 250 cm³/mol. The van der Waals surface area contributed by atoms with E-state index in [0.717, 1.165) is 62.5 Å². The van der Waals surface area contributed by atoms with Gasteiger partial charge in [-0.3, -0.25) is 34.1 Å². The van der Waals surface area contributed by atoms with Gasteiger partial charge in [0.1, 0.15) is 24.4 Å². The van der Waals surface area contributed by atoms with Crippen molar-refractivity contribution in [2.75, 3.05) is 25.6 Å². The third kappa shape index (κ3) is 10.1. The number of methoxy groups -OCH3 is 1. The smallest absolute Gasteiger partial charge is 0.246 e. The Morgan fingerprint density at radius 1 is 0.754 bits per heavy atom. The maximum atomic E-state index is 14.7. The summed E-state index contributed by atoms with van der Waals surface area (Å²) in [7, 11) is 1.45. The topological polar surface area (TPSA) is 218 Å². The van der Waals surface area contributed by atoms with Crippen LogP contribution in [0, 0.1) is 28.6 Å².